The van der Waals surface area contributed by atoms with Crippen molar-refractivity contribution < 1.29 is 36.6 Å². The Labute approximate surface area is 164 Å². The molecule has 0 unspecified atom stereocenters. The molecule has 0 heterocycles. The first-order valence-electron chi connectivity index (χ1n) is 8.03. The van der Waals surface area contributed by atoms with Crippen molar-refractivity contribution in [2.75, 3.05) is 0 Å². The number of hydrogen-bond acceptors (Lipinski definition) is 2. The van der Waals surface area contributed by atoms with Crippen LogP contribution in [0.25, 0.3) is 24.6 Å². The molecule has 12 N–H and O–H groups in total. The van der Waals surface area contributed by atoms with Gasteiger partial charge in [-0.15, -0.1) is 0 Å². The first kappa shape index (κ1) is 44.1. The molecule has 8 nitrogen and oxygen atoms in total. The Hall–Kier alpha value is -0.714. The number of carbonyl (C=O) groups is 2. The zero-order valence-corrected chi connectivity index (χ0v) is 17.0. The summed E-state index contributed by atoms with van der Waals surface area (Å²) in [5.41, 5.74) is 0. The Morgan fingerprint density at radius 2 is 0.800 bits per heavy atom. The molecule has 158 valence electrons. The third-order valence-electron chi connectivity index (χ3n) is 3.01. The van der Waals surface area contributed by atoms with E-state index < -0.39 is 11.9 Å². The Kier molecular flexibility index (Phi) is 68.2. The second kappa shape index (κ2) is 38.7. The summed E-state index contributed by atoms with van der Waals surface area (Å²) in [6.07, 6.45) is 12.3. The third-order valence-corrected chi connectivity index (χ3v) is 3.01. The molecule has 0 saturated heterocycles. The molecule has 0 saturated carbocycles. The number of carbonyl (C=O) groups excluding carboxylic acids is 2. The summed E-state index contributed by atoms with van der Waals surface area (Å²) in [5, 5.41) is 13.2. The predicted molar refractivity (Wildman–Crippen MR) is 105 cm³/mol. The molecule has 0 aromatic carbocycles. The third kappa shape index (κ3) is 59.8. The zero-order chi connectivity index (χ0) is 15.6. The Morgan fingerprint density at radius 1 is 0.560 bits per heavy atom. The minimum atomic E-state index is -0.420. The molecule has 25 heavy (non-hydrogen) atoms. The van der Waals surface area contributed by atoms with Gasteiger partial charge in [0.1, 0.15) is 12.8 Å². The fourth-order valence-corrected chi connectivity index (χ4v) is 1.78. The topological polar surface area (TPSA) is 214 Å². The van der Waals surface area contributed by atoms with Gasteiger partial charge in [0, 0.05) is 9.59 Å². The molecule has 0 spiro atoms. The molecule has 0 aromatic heterocycles. The second-order valence-electron chi connectivity index (χ2n) is 5.17. The largest absolute Gasteiger partial charge is 3.00 e. The quantitative estimate of drug-likeness (QED) is 0.275. The van der Waals surface area contributed by atoms with E-state index in [0.29, 0.717) is 12.8 Å². The molecule has 0 atom stereocenters. The van der Waals surface area contributed by atoms with Crippen LogP contribution in [0.5, 0.6) is 0 Å². The maximum atomic E-state index is 10.1. The van der Waals surface area contributed by atoms with Gasteiger partial charge in [-0.25, -0.2) is 0 Å². The molecule has 0 radical (unpaired) electrons. The monoisotopic (exact) mass is 413 g/mol. The van der Waals surface area contributed by atoms with Crippen molar-refractivity contribution in [1.29, 1.82) is 0 Å². The molecule has 0 fully saturated rings. The average Bonchev–Trinajstić information content (AvgIpc) is 2.38. The van der Waals surface area contributed by atoms with Gasteiger partial charge in [0.15, 0.2) is 0 Å². The van der Waals surface area contributed by atoms with Crippen molar-refractivity contribution in [2.45, 2.75) is 90.9 Å². The minimum Gasteiger partial charge on any atom is -0.693 e. The molecular formula is C16H42CoN4O4+. The summed E-state index contributed by atoms with van der Waals surface area (Å²) in [6, 6.07) is 0. The van der Waals surface area contributed by atoms with Crippen LogP contribution in [0.15, 0.2) is 0 Å². The first-order valence-corrected chi connectivity index (χ1v) is 8.03. The van der Waals surface area contributed by atoms with Gasteiger partial charge in [-0.1, -0.05) is 65.2 Å². The Morgan fingerprint density at radius 3 is 1.00 bits per heavy atom. The second-order valence-corrected chi connectivity index (χ2v) is 5.17. The average molecular weight is 413 g/mol. The van der Waals surface area contributed by atoms with E-state index in [1.807, 2.05) is 0 Å². The van der Waals surface area contributed by atoms with Crippen molar-refractivity contribution in [3.05, 3.63) is 24.6 Å². The van der Waals surface area contributed by atoms with Crippen LogP contribution < -0.4 is 0 Å². The smallest absolute Gasteiger partial charge is 0.693 e. The SMILES string of the molecule is CCCCCCCC(=O)[OH2+].CCCCCCCC(=O)[OH2+].[Co+3].[NH2-].[NH2-].[NH2-].[NH2-]. The van der Waals surface area contributed by atoms with Crippen molar-refractivity contribution >= 4 is 11.9 Å². The Balaban J connectivity index is -0.0000000432. The summed E-state index contributed by atoms with van der Waals surface area (Å²) in [7, 11) is 0. The molecule has 0 aromatic rings. The van der Waals surface area contributed by atoms with Crippen molar-refractivity contribution in [3.63, 3.8) is 0 Å². The van der Waals surface area contributed by atoms with Gasteiger partial charge >= 0.3 is 28.7 Å². The number of rotatable bonds is 12. The molecule has 0 bridgehead atoms. The van der Waals surface area contributed by atoms with Crippen LogP contribution in [0.1, 0.15) is 90.9 Å². The van der Waals surface area contributed by atoms with Gasteiger partial charge in [0.25, 0.3) is 0 Å². The van der Waals surface area contributed by atoms with Crippen LogP contribution in [0.4, 0.5) is 0 Å². The van der Waals surface area contributed by atoms with E-state index in [9.17, 15) is 9.59 Å². The van der Waals surface area contributed by atoms with E-state index in [2.05, 4.69) is 13.8 Å². The summed E-state index contributed by atoms with van der Waals surface area (Å²) in [6.45, 7) is 4.32. The van der Waals surface area contributed by atoms with Crippen LogP contribution >= 0.6 is 0 Å². The van der Waals surface area contributed by atoms with E-state index in [1.54, 1.807) is 0 Å². The Bertz CT molecular complexity index is 224. The van der Waals surface area contributed by atoms with Crippen LogP contribution in [-0.2, 0) is 26.4 Å². The maximum absolute atomic E-state index is 10.1. The van der Waals surface area contributed by atoms with Crippen LogP contribution in [0, 0.1) is 0 Å². The van der Waals surface area contributed by atoms with Gasteiger partial charge in [-0.2, -0.15) is 0 Å². The van der Waals surface area contributed by atoms with Gasteiger partial charge in [-0.05, 0) is 12.8 Å². The summed E-state index contributed by atoms with van der Waals surface area (Å²) in [5.74, 6) is -0.840. The van der Waals surface area contributed by atoms with Crippen LogP contribution in [-0.4, -0.2) is 22.2 Å². The van der Waals surface area contributed by atoms with Crippen molar-refractivity contribution in [2.24, 2.45) is 0 Å². The van der Waals surface area contributed by atoms with E-state index >= 15 is 0 Å². The van der Waals surface area contributed by atoms with Gasteiger partial charge in [0.2, 0.25) is 0 Å². The van der Waals surface area contributed by atoms with Crippen LogP contribution in [0.2, 0.25) is 0 Å². The van der Waals surface area contributed by atoms with E-state index in [-0.39, 0.29) is 41.4 Å². The van der Waals surface area contributed by atoms with Crippen molar-refractivity contribution in [1.82, 2.24) is 0 Å². The molecule has 0 rings (SSSR count). The normalized spacial score (nSPS) is 7.76. The standard InChI is InChI=1S/2C8H16O2.Co.4H2N/c2*1-2-3-4-5-6-7-8(9)10;;;;;/h2*2-7H2,1H3,(H,9,10);;4*1H2/q;;+3;4*-1/p+2. The van der Waals surface area contributed by atoms with Gasteiger partial charge in [0.05, 0.1) is 0 Å². The van der Waals surface area contributed by atoms with Gasteiger partial charge in [-0.3, -0.25) is 0 Å². The maximum Gasteiger partial charge on any atom is 3.00 e. The fourth-order valence-electron chi connectivity index (χ4n) is 1.78. The van der Waals surface area contributed by atoms with E-state index in [4.69, 9.17) is 10.2 Å². The molecular weight excluding hydrogens is 371 g/mol. The number of unbranched alkanes of at least 4 members (excludes halogenated alkanes) is 8. The van der Waals surface area contributed by atoms with E-state index in [0.717, 1.165) is 25.7 Å². The van der Waals surface area contributed by atoms with Crippen LogP contribution in [0.3, 0.4) is 0 Å². The van der Waals surface area contributed by atoms with Crippen molar-refractivity contribution in [3.8, 4) is 0 Å². The number of hydrogen-bond donors (Lipinski definition) is 0. The molecule has 9 heteroatoms. The number of nitrogens with two attached hydrogens (primary N) is 4. The predicted octanol–water partition coefficient (Wildman–Crippen LogP) is 6.06. The summed E-state index contributed by atoms with van der Waals surface area (Å²) < 4.78 is 0. The summed E-state index contributed by atoms with van der Waals surface area (Å²) in [4.78, 5) is 20.3. The van der Waals surface area contributed by atoms with E-state index in [1.165, 1.54) is 38.5 Å². The molecule has 0 aliphatic rings. The molecule has 0 aliphatic carbocycles. The summed E-state index contributed by atoms with van der Waals surface area (Å²) >= 11 is 0. The first-order chi connectivity index (χ1) is 9.54. The fraction of sp³-hybridized carbons (Fsp3) is 0.875. The zero-order valence-electron chi connectivity index (χ0n) is 15.9. The molecule has 0 amide bonds. The minimum absolute atomic E-state index is 0. The molecule has 0 aliphatic heterocycles. The van der Waals surface area contributed by atoms with Gasteiger partial charge < -0.3 is 34.8 Å².